The minimum Gasteiger partial charge on any atom is -0.439 e. The van der Waals surface area contributed by atoms with Crippen molar-refractivity contribution in [2.45, 2.75) is 77.3 Å². The summed E-state index contributed by atoms with van der Waals surface area (Å²) >= 11 is 0. The van der Waals surface area contributed by atoms with Gasteiger partial charge in [0, 0.05) is 0 Å². The Hall–Kier alpha value is -3.77. The van der Waals surface area contributed by atoms with Gasteiger partial charge in [0.2, 0.25) is 0 Å². The van der Waals surface area contributed by atoms with E-state index in [1.165, 1.54) is 25.1 Å². The third-order valence-corrected chi connectivity index (χ3v) is 7.62. The smallest absolute Gasteiger partial charge is 0.416 e. The standard InChI is InChI=1S/C31H27F10NO2/c1-5-17-11-26(32)24(15(2)3)13-25(17)23-7-6-20(29(33,34)35)10-19(23)14-42-16(4)27(44-28(42)43)18-8-21(30(36,37)38)12-22(9-18)31(39,40)41/h6-13,15-16,27H,5,14H2,1-4H3/t16-,27-/m0/s1. The van der Waals surface area contributed by atoms with E-state index in [1.807, 2.05) is 0 Å². The fourth-order valence-electron chi connectivity index (χ4n) is 5.27. The molecule has 2 atom stereocenters. The molecule has 1 saturated heterocycles. The van der Waals surface area contributed by atoms with Crippen LogP contribution in [0.5, 0.6) is 0 Å². The molecule has 4 rings (SSSR count). The van der Waals surface area contributed by atoms with Crippen molar-refractivity contribution >= 4 is 6.09 Å². The molecule has 0 spiro atoms. The number of carbonyl (C=O) groups is 1. The van der Waals surface area contributed by atoms with E-state index in [9.17, 15) is 48.7 Å². The number of carbonyl (C=O) groups excluding carboxylic acids is 1. The van der Waals surface area contributed by atoms with Gasteiger partial charge in [0.1, 0.15) is 11.9 Å². The molecule has 3 aromatic rings. The van der Waals surface area contributed by atoms with Crippen LogP contribution in [-0.2, 0) is 36.2 Å². The molecule has 1 aliphatic rings. The van der Waals surface area contributed by atoms with Gasteiger partial charge in [-0.25, -0.2) is 9.18 Å². The van der Waals surface area contributed by atoms with Crippen LogP contribution in [0, 0.1) is 5.82 Å². The monoisotopic (exact) mass is 635 g/mol. The second-order valence-corrected chi connectivity index (χ2v) is 10.9. The molecule has 1 amide bonds. The highest BCUT2D eigenvalue weighted by Gasteiger charge is 2.44. The Balaban J connectivity index is 1.81. The first-order valence-corrected chi connectivity index (χ1v) is 13.5. The minimum atomic E-state index is -5.14. The van der Waals surface area contributed by atoms with Gasteiger partial charge in [-0.3, -0.25) is 4.90 Å². The molecule has 1 heterocycles. The fraction of sp³-hybridized carbons (Fsp3) is 0.387. The van der Waals surface area contributed by atoms with Crippen LogP contribution in [0.1, 0.15) is 78.7 Å². The maximum Gasteiger partial charge on any atom is 0.416 e. The molecule has 1 fully saturated rings. The SMILES string of the molecule is CCc1cc(F)c(C(C)C)cc1-c1ccc(C(F)(F)F)cc1CN1C(=O)O[C@H](c2cc(C(F)(F)F)cc(C(F)(F)F)c2)[C@@H]1C. The van der Waals surface area contributed by atoms with Crippen LogP contribution in [-0.4, -0.2) is 17.0 Å². The highest BCUT2D eigenvalue weighted by molar-refractivity contribution is 5.75. The van der Waals surface area contributed by atoms with E-state index >= 15 is 0 Å². The number of hydrogen-bond donors (Lipinski definition) is 0. The summed E-state index contributed by atoms with van der Waals surface area (Å²) < 4.78 is 142. The molecule has 3 aromatic carbocycles. The van der Waals surface area contributed by atoms with E-state index in [0.29, 0.717) is 35.2 Å². The number of rotatable bonds is 6. The van der Waals surface area contributed by atoms with Crippen LogP contribution < -0.4 is 0 Å². The topological polar surface area (TPSA) is 29.5 Å². The van der Waals surface area contributed by atoms with Crippen molar-refractivity contribution in [3.05, 3.63) is 93.3 Å². The fourth-order valence-corrected chi connectivity index (χ4v) is 5.27. The molecule has 0 aliphatic carbocycles. The van der Waals surface area contributed by atoms with Crippen LogP contribution in [0.2, 0.25) is 0 Å². The van der Waals surface area contributed by atoms with Gasteiger partial charge in [0.15, 0.2) is 0 Å². The quantitative estimate of drug-likeness (QED) is 0.252. The van der Waals surface area contributed by atoms with Gasteiger partial charge in [-0.15, -0.1) is 0 Å². The average Bonchev–Trinajstić information content (AvgIpc) is 3.19. The largest absolute Gasteiger partial charge is 0.439 e. The number of nitrogens with zero attached hydrogens (tertiary/aromatic N) is 1. The summed E-state index contributed by atoms with van der Waals surface area (Å²) in [7, 11) is 0. The van der Waals surface area contributed by atoms with Crippen LogP contribution in [0.25, 0.3) is 11.1 Å². The Labute approximate surface area is 246 Å². The molecule has 13 heteroatoms. The summed E-state index contributed by atoms with van der Waals surface area (Å²) in [6.45, 7) is 5.98. The van der Waals surface area contributed by atoms with Crippen molar-refractivity contribution in [1.29, 1.82) is 0 Å². The number of aryl methyl sites for hydroxylation is 1. The summed E-state index contributed by atoms with van der Waals surface area (Å²) in [6.07, 6.45) is -17.5. The normalized spacial score (nSPS) is 17.9. The maximum atomic E-state index is 14.8. The summed E-state index contributed by atoms with van der Waals surface area (Å²) in [5, 5.41) is 0. The number of cyclic esters (lactones) is 1. The predicted molar refractivity (Wildman–Crippen MR) is 141 cm³/mol. The highest BCUT2D eigenvalue weighted by atomic mass is 19.4. The zero-order chi connectivity index (χ0) is 32.9. The van der Waals surface area contributed by atoms with Gasteiger partial charge in [0.25, 0.3) is 0 Å². The molecule has 238 valence electrons. The molecule has 0 N–H and O–H groups in total. The van der Waals surface area contributed by atoms with Crippen molar-refractivity contribution < 1.29 is 53.4 Å². The maximum absolute atomic E-state index is 14.8. The molecule has 0 unspecified atom stereocenters. The molecule has 0 saturated carbocycles. The number of alkyl halides is 9. The molecule has 0 radical (unpaired) electrons. The highest BCUT2D eigenvalue weighted by Crippen LogP contribution is 2.42. The molecular weight excluding hydrogens is 608 g/mol. The Morgan fingerprint density at radius 1 is 0.773 bits per heavy atom. The summed E-state index contributed by atoms with van der Waals surface area (Å²) in [5.74, 6) is -0.770. The number of benzene rings is 3. The van der Waals surface area contributed by atoms with Crippen LogP contribution in [0.3, 0.4) is 0 Å². The first-order chi connectivity index (χ1) is 20.2. The summed E-state index contributed by atoms with van der Waals surface area (Å²) in [5.41, 5.74) is -3.40. The van der Waals surface area contributed by atoms with Crippen LogP contribution >= 0.6 is 0 Å². The Bertz CT molecular complexity index is 1520. The molecule has 0 aromatic heterocycles. The van der Waals surface area contributed by atoms with Gasteiger partial charge >= 0.3 is 24.6 Å². The lowest BCUT2D eigenvalue weighted by atomic mass is 9.88. The lowest BCUT2D eigenvalue weighted by Crippen LogP contribution is -2.32. The third kappa shape index (κ3) is 6.66. The average molecular weight is 636 g/mol. The van der Waals surface area contributed by atoms with Crippen molar-refractivity contribution in [2.24, 2.45) is 0 Å². The van der Waals surface area contributed by atoms with Gasteiger partial charge in [-0.05, 0) is 95.1 Å². The summed E-state index contributed by atoms with van der Waals surface area (Å²) in [6, 6.07) is 5.32. The van der Waals surface area contributed by atoms with Crippen molar-refractivity contribution in [3.63, 3.8) is 0 Å². The first kappa shape index (κ1) is 33.1. The van der Waals surface area contributed by atoms with Gasteiger partial charge in [-0.1, -0.05) is 26.8 Å². The number of amides is 1. The number of hydrogen-bond acceptors (Lipinski definition) is 2. The molecule has 0 bridgehead atoms. The molecule has 1 aliphatic heterocycles. The van der Waals surface area contributed by atoms with Gasteiger partial charge in [-0.2, -0.15) is 39.5 Å². The first-order valence-electron chi connectivity index (χ1n) is 13.5. The lowest BCUT2D eigenvalue weighted by Gasteiger charge is -2.25. The van der Waals surface area contributed by atoms with Crippen LogP contribution in [0.15, 0.2) is 48.5 Å². The molecule has 44 heavy (non-hydrogen) atoms. The van der Waals surface area contributed by atoms with Gasteiger partial charge < -0.3 is 4.74 Å². The number of halogens is 10. The number of ether oxygens (including phenoxy) is 1. The lowest BCUT2D eigenvalue weighted by molar-refractivity contribution is -0.143. The minimum absolute atomic E-state index is 0.0275. The van der Waals surface area contributed by atoms with Gasteiger partial charge in [0.05, 0.1) is 29.3 Å². The second-order valence-electron chi connectivity index (χ2n) is 10.9. The molecule has 3 nitrogen and oxygen atoms in total. The predicted octanol–water partition coefficient (Wildman–Crippen LogP) is 10.3. The zero-order valence-corrected chi connectivity index (χ0v) is 23.8. The van der Waals surface area contributed by atoms with Crippen molar-refractivity contribution in [2.75, 3.05) is 0 Å². The zero-order valence-electron chi connectivity index (χ0n) is 23.8. The van der Waals surface area contributed by atoms with E-state index < -0.39 is 71.4 Å². The van der Waals surface area contributed by atoms with E-state index in [1.54, 1.807) is 20.8 Å². The Kier molecular flexibility index (Phi) is 8.75. The van der Waals surface area contributed by atoms with Crippen molar-refractivity contribution in [1.82, 2.24) is 4.90 Å². The second kappa shape index (κ2) is 11.6. The Morgan fingerprint density at radius 3 is 1.84 bits per heavy atom. The van der Waals surface area contributed by atoms with E-state index in [2.05, 4.69) is 0 Å². The molecular formula is C31H27F10NO2. The summed E-state index contributed by atoms with van der Waals surface area (Å²) in [4.78, 5) is 13.9. The van der Waals surface area contributed by atoms with E-state index in [-0.39, 0.29) is 23.1 Å². The van der Waals surface area contributed by atoms with Crippen molar-refractivity contribution in [3.8, 4) is 11.1 Å². The van der Waals surface area contributed by atoms with E-state index in [4.69, 9.17) is 4.74 Å². The van der Waals surface area contributed by atoms with Crippen LogP contribution in [0.4, 0.5) is 48.7 Å². The Morgan fingerprint density at radius 2 is 1.34 bits per heavy atom. The third-order valence-electron chi connectivity index (χ3n) is 7.62. The van der Waals surface area contributed by atoms with E-state index in [0.717, 1.165) is 17.0 Å².